The van der Waals surface area contributed by atoms with Crippen LogP contribution in [-0.4, -0.2) is 0 Å². The Kier molecular flexibility index (Phi) is 4.62. The molecular formula is C18H23N. The van der Waals surface area contributed by atoms with Gasteiger partial charge < -0.3 is 5.73 Å². The Hall–Kier alpha value is -1.76. The molecule has 0 aliphatic carbocycles. The van der Waals surface area contributed by atoms with Crippen molar-refractivity contribution in [2.24, 2.45) is 0 Å². The van der Waals surface area contributed by atoms with Crippen molar-refractivity contribution in [3.63, 3.8) is 0 Å². The van der Waals surface area contributed by atoms with Crippen LogP contribution in [0.5, 0.6) is 0 Å². The van der Waals surface area contributed by atoms with Gasteiger partial charge in [0.05, 0.1) is 0 Å². The fraction of sp³-hybridized carbons (Fsp3) is 0.333. The molecule has 1 unspecified atom stereocenters. The van der Waals surface area contributed by atoms with E-state index in [1.807, 2.05) is 12.1 Å². The summed E-state index contributed by atoms with van der Waals surface area (Å²) in [5.41, 5.74) is 10.8. The van der Waals surface area contributed by atoms with E-state index in [9.17, 15) is 0 Å². The zero-order valence-corrected chi connectivity index (χ0v) is 11.9. The van der Waals surface area contributed by atoms with Crippen LogP contribution in [0.25, 0.3) is 0 Å². The van der Waals surface area contributed by atoms with Gasteiger partial charge in [0.25, 0.3) is 0 Å². The molecule has 0 bridgehead atoms. The number of benzene rings is 2. The second-order valence-electron chi connectivity index (χ2n) is 5.31. The Balaban J connectivity index is 2.22. The third-order valence-electron chi connectivity index (χ3n) is 3.68. The van der Waals surface area contributed by atoms with Crippen molar-refractivity contribution in [1.29, 1.82) is 0 Å². The molecular weight excluding hydrogens is 230 g/mol. The average Bonchev–Trinajstić information content (AvgIpc) is 2.42. The summed E-state index contributed by atoms with van der Waals surface area (Å²) in [7, 11) is 0. The van der Waals surface area contributed by atoms with Crippen molar-refractivity contribution in [1.82, 2.24) is 0 Å². The fourth-order valence-electron chi connectivity index (χ4n) is 2.62. The van der Waals surface area contributed by atoms with Gasteiger partial charge in [-0.2, -0.15) is 0 Å². The minimum absolute atomic E-state index is 0.634. The normalized spacial score (nSPS) is 12.3. The van der Waals surface area contributed by atoms with Gasteiger partial charge in [0.2, 0.25) is 0 Å². The summed E-state index contributed by atoms with van der Waals surface area (Å²) in [6.45, 7) is 4.57. The van der Waals surface area contributed by atoms with E-state index < -0.39 is 0 Å². The number of nitrogen functional groups attached to an aromatic ring is 1. The van der Waals surface area contributed by atoms with E-state index in [0.29, 0.717) is 5.92 Å². The Morgan fingerprint density at radius 1 is 1.00 bits per heavy atom. The first kappa shape index (κ1) is 13.7. The highest BCUT2D eigenvalue weighted by molar-refractivity contribution is 5.42. The summed E-state index contributed by atoms with van der Waals surface area (Å²) >= 11 is 0. The summed E-state index contributed by atoms with van der Waals surface area (Å²) in [5.74, 6) is 0.634. The molecule has 19 heavy (non-hydrogen) atoms. The van der Waals surface area contributed by atoms with Gasteiger partial charge in [0, 0.05) is 5.69 Å². The lowest BCUT2D eigenvalue weighted by Crippen LogP contribution is -2.00. The maximum atomic E-state index is 5.74. The molecule has 0 saturated carbocycles. The standard InChI is InChI=1S/C18H23N/c1-3-6-14(2)18-8-5-4-7-16(18)13-15-9-11-17(19)12-10-15/h4-5,7-12,14H,3,6,13,19H2,1-2H3. The first-order valence-corrected chi connectivity index (χ1v) is 7.13. The largest absolute Gasteiger partial charge is 0.399 e. The van der Waals surface area contributed by atoms with E-state index in [1.165, 1.54) is 29.5 Å². The summed E-state index contributed by atoms with van der Waals surface area (Å²) in [6, 6.07) is 17.0. The molecule has 0 radical (unpaired) electrons. The van der Waals surface area contributed by atoms with E-state index in [4.69, 9.17) is 5.73 Å². The van der Waals surface area contributed by atoms with Crippen molar-refractivity contribution in [2.75, 3.05) is 5.73 Å². The first-order chi connectivity index (χ1) is 9.20. The lowest BCUT2D eigenvalue weighted by Gasteiger charge is -2.16. The SMILES string of the molecule is CCCC(C)c1ccccc1Cc1ccc(N)cc1. The molecule has 0 spiro atoms. The van der Waals surface area contributed by atoms with Crippen molar-refractivity contribution in [3.8, 4) is 0 Å². The molecule has 1 nitrogen and oxygen atoms in total. The highest BCUT2D eigenvalue weighted by Gasteiger charge is 2.09. The second-order valence-corrected chi connectivity index (χ2v) is 5.31. The molecule has 2 rings (SSSR count). The third kappa shape index (κ3) is 3.60. The Morgan fingerprint density at radius 2 is 1.68 bits per heavy atom. The molecule has 0 aliphatic heterocycles. The average molecular weight is 253 g/mol. The number of nitrogens with two attached hydrogens (primary N) is 1. The summed E-state index contributed by atoms with van der Waals surface area (Å²) < 4.78 is 0. The van der Waals surface area contributed by atoms with Crippen molar-refractivity contribution in [3.05, 3.63) is 65.2 Å². The maximum Gasteiger partial charge on any atom is 0.0314 e. The van der Waals surface area contributed by atoms with E-state index >= 15 is 0 Å². The minimum atomic E-state index is 0.634. The van der Waals surface area contributed by atoms with Gasteiger partial charge in [-0.25, -0.2) is 0 Å². The zero-order valence-electron chi connectivity index (χ0n) is 11.9. The van der Waals surface area contributed by atoms with Crippen LogP contribution in [0.1, 0.15) is 49.3 Å². The van der Waals surface area contributed by atoms with Crippen LogP contribution in [0.4, 0.5) is 5.69 Å². The minimum Gasteiger partial charge on any atom is -0.399 e. The Bertz CT molecular complexity index is 513. The Morgan fingerprint density at radius 3 is 2.37 bits per heavy atom. The Labute approximate surface area is 116 Å². The van der Waals surface area contributed by atoms with Gasteiger partial charge in [-0.15, -0.1) is 0 Å². The molecule has 1 heteroatoms. The van der Waals surface area contributed by atoms with Crippen LogP contribution < -0.4 is 5.73 Å². The van der Waals surface area contributed by atoms with Crippen molar-refractivity contribution >= 4 is 5.69 Å². The molecule has 0 saturated heterocycles. The van der Waals surface area contributed by atoms with Crippen molar-refractivity contribution in [2.45, 2.75) is 39.0 Å². The predicted molar refractivity (Wildman–Crippen MR) is 83.4 cm³/mol. The maximum absolute atomic E-state index is 5.74. The predicted octanol–water partition coefficient (Wildman–Crippen LogP) is 4.76. The molecule has 2 N–H and O–H groups in total. The van der Waals surface area contributed by atoms with Crippen LogP contribution >= 0.6 is 0 Å². The van der Waals surface area contributed by atoms with E-state index in [1.54, 1.807) is 0 Å². The number of hydrogen-bond acceptors (Lipinski definition) is 1. The topological polar surface area (TPSA) is 26.0 Å². The van der Waals surface area contributed by atoms with Crippen LogP contribution in [0.15, 0.2) is 48.5 Å². The van der Waals surface area contributed by atoms with E-state index in [2.05, 4.69) is 50.2 Å². The number of rotatable bonds is 5. The van der Waals surface area contributed by atoms with Crippen LogP contribution in [0.2, 0.25) is 0 Å². The van der Waals surface area contributed by atoms with Gasteiger partial charge in [-0.3, -0.25) is 0 Å². The van der Waals surface area contributed by atoms with Gasteiger partial charge in [-0.05, 0) is 47.6 Å². The molecule has 2 aromatic rings. The fourth-order valence-corrected chi connectivity index (χ4v) is 2.62. The highest BCUT2D eigenvalue weighted by Crippen LogP contribution is 2.26. The lowest BCUT2D eigenvalue weighted by atomic mass is 9.89. The molecule has 2 aromatic carbocycles. The molecule has 0 aliphatic rings. The van der Waals surface area contributed by atoms with Gasteiger partial charge in [0.1, 0.15) is 0 Å². The molecule has 0 aromatic heterocycles. The number of hydrogen-bond donors (Lipinski definition) is 1. The van der Waals surface area contributed by atoms with Crippen LogP contribution in [0, 0.1) is 0 Å². The first-order valence-electron chi connectivity index (χ1n) is 7.13. The summed E-state index contributed by atoms with van der Waals surface area (Å²) in [5, 5.41) is 0. The molecule has 100 valence electrons. The van der Waals surface area contributed by atoms with Gasteiger partial charge in [0.15, 0.2) is 0 Å². The van der Waals surface area contributed by atoms with Gasteiger partial charge in [-0.1, -0.05) is 56.7 Å². The summed E-state index contributed by atoms with van der Waals surface area (Å²) in [4.78, 5) is 0. The third-order valence-corrected chi connectivity index (χ3v) is 3.68. The number of anilines is 1. The summed E-state index contributed by atoms with van der Waals surface area (Å²) in [6.07, 6.45) is 3.47. The molecule has 1 atom stereocenters. The molecule has 0 heterocycles. The zero-order chi connectivity index (χ0) is 13.7. The van der Waals surface area contributed by atoms with E-state index in [0.717, 1.165) is 12.1 Å². The smallest absolute Gasteiger partial charge is 0.0314 e. The van der Waals surface area contributed by atoms with Crippen molar-refractivity contribution < 1.29 is 0 Å². The van der Waals surface area contributed by atoms with Crippen LogP contribution in [0.3, 0.4) is 0 Å². The molecule has 0 fully saturated rings. The molecule has 0 amide bonds. The van der Waals surface area contributed by atoms with E-state index in [-0.39, 0.29) is 0 Å². The van der Waals surface area contributed by atoms with Gasteiger partial charge >= 0.3 is 0 Å². The highest BCUT2D eigenvalue weighted by atomic mass is 14.5. The quantitative estimate of drug-likeness (QED) is 0.764. The lowest BCUT2D eigenvalue weighted by molar-refractivity contribution is 0.659. The second kappa shape index (κ2) is 6.42. The van der Waals surface area contributed by atoms with Crippen LogP contribution in [-0.2, 0) is 6.42 Å². The monoisotopic (exact) mass is 253 g/mol.